The predicted octanol–water partition coefficient (Wildman–Crippen LogP) is 4.58. The van der Waals surface area contributed by atoms with Gasteiger partial charge in [0.05, 0.1) is 48.8 Å². The molecule has 10 atom stereocenters. The van der Waals surface area contributed by atoms with Crippen molar-refractivity contribution in [1.82, 2.24) is 20.4 Å². The Balaban J connectivity index is 2.23. The molecular formula is C39H66N4O7. The van der Waals surface area contributed by atoms with E-state index in [0.717, 1.165) is 12.8 Å². The van der Waals surface area contributed by atoms with Crippen LogP contribution in [0.5, 0.6) is 0 Å². The molecule has 1 aromatic rings. The van der Waals surface area contributed by atoms with Gasteiger partial charge in [-0.25, -0.2) is 0 Å². The van der Waals surface area contributed by atoms with E-state index in [2.05, 4.69) is 10.6 Å². The van der Waals surface area contributed by atoms with Gasteiger partial charge in [-0.05, 0) is 43.1 Å². The smallest absolute Gasteiger partial charge is 0.245 e. The Bertz CT molecular complexity index is 1230. The van der Waals surface area contributed by atoms with Gasteiger partial charge in [0.25, 0.3) is 0 Å². The molecule has 1 aliphatic rings. The number of likely N-dealkylation sites (tertiary alicyclic amines) is 1. The van der Waals surface area contributed by atoms with Crippen LogP contribution in [-0.4, -0.2) is 103 Å². The summed E-state index contributed by atoms with van der Waals surface area (Å²) in [5.41, 5.74) is 0.713. The lowest BCUT2D eigenvalue weighted by Crippen LogP contribution is -2.58. The molecule has 0 saturated carbocycles. The number of methoxy groups -OCH3 is 2. The van der Waals surface area contributed by atoms with E-state index in [1.165, 1.54) is 0 Å². The summed E-state index contributed by atoms with van der Waals surface area (Å²) in [7, 11) is 4.86. The molecule has 4 amide bonds. The van der Waals surface area contributed by atoms with Crippen molar-refractivity contribution in [3.05, 3.63) is 35.9 Å². The Labute approximate surface area is 301 Å². The van der Waals surface area contributed by atoms with Gasteiger partial charge in [0.15, 0.2) is 0 Å². The predicted molar refractivity (Wildman–Crippen MR) is 196 cm³/mol. The summed E-state index contributed by atoms with van der Waals surface area (Å²) in [4.78, 5) is 58.0. The number of nitrogens with zero attached hydrogens (tertiary/aromatic N) is 2. The zero-order valence-corrected chi connectivity index (χ0v) is 32.6. The number of likely N-dealkylation sites (N-methyl/N-ethyl adjacent to an activating group) is 1. The van der Waals surface area contributed by atoms with Gasteiger partial charge in [-0.2, -0.15) is 0 Å². The molecule has 2 rings (SSSR count). The third-order valence-electron chi connectivity index (χ3n) is 10.9. The van der Waals surface area contributed by atoms with E-state index in [0.29, 0.717) is 18.5 Å². The highest BCUT2D eigenvalue weighted by Crippen LogP contribution is 2.30. The average molecular weight is 703 g/mol. The number of aliphatic hydroxyl groups is 1. The van der Waals surface area contributed by atoms with Crippen LogP contribution in [0.25, 0.3) is 0 Å². The quantitative estimate of drug-likeness (QED) is 0.192. The van der Waals surface area contributed by atoms with E-state index in [1.807, 2.05) is 78.8 Å². The van der Waals surface area contributed by atoms with Crippen molar-refractivity contribution >= 4 is 23.6 Å². The standard InChI is InChI=1S/C39H66N4O7/c1-13-25(6)34(42(10)39(48)33(24(4)5)41-37(46)26(7)23(2)3)31(49-11)22-32(44)43-21-17-20-30(43)36(50-12)27(8)38(47)40-28(9)35(45)29-18-15-14-16-19-29/h14-16,18-19,23-28,30-31,33-36,45H,13,17,20-22H2,1-12H3,(H,40,47)(H,41,46)/t25-,26-,27+,28+,30-,31+,33-,34-,35+,36+/m0/s1. The fourth-order valence-electron chi connectivity index (χ4n) is 7.00. The number of nitrogens with one attached hydrogen (secondary N) is 2. The van der Waals surface area contributed by atoms with Crippen LogP contribution in [0.1, 0.15) is 99.7 Å². The second-order valence-corrected chi connectivity index (χ2v) is 15.0. The molecule has 50 heavy (non-hydrogen) atoms. The molecule has 11 nitrogen and oxygen atoms in total. The van der Waals surface area contributed by atoms with Crippen molar-refractivity contribution < 1.29 is 33.8 Å². The van der Waals surface area contributed by atoms with Crippen LogP contribution in [0.3, 0.4) is 0 Å². The number of aliphatic hydroxyl groups excluding tert-OH is 1. The highest BCUT2D eigenvalue weighted by Gasteiger charge is 2.43. The molecule has 0 bridgehead atoms. The van der Waals surface area contributed by atoms with Crippen molar-refractivity contribution in [2.75, 3.05) is 27.8 Å². The summed E-state index contributed by atoms with van der Waals surface area (Å²) >= 11 is 0. The van der Waals surface area contributed by atoms with Crippen LogP contribution in [0.2, 0.25) is 0 Å². The fraction of sp³-hybridized carbons (Fsp3) is 0.744. The zero-order valence-electron chi connectivity index (χ0n) is 32.6. The summed E-state index contributed by atoms with van der Waals surface area (Å²) in [6, 6.07) is 7.18. The van der Waals surface area contributed by atoms with Gasteiger partial charge >= 0.3 is 0 Å². The molecule has 0 spiro atoms. The largest absolute Gasteiger partial charge is 0.386 e. The van der Waals surface area contributed by atoms with Gasteiger partial charge in [-0.3, -0.25) is 19.2 Å². The van der Waals surface area contributed by atoms with Gasteiger partial charge in [0.2, 0.25) is 23.6 Å². The Morgan fingerprint density at radius 2 is 1.50 bits per heavy atom. The Kier molecular flexibility index (Phi) is 17.4. The number of benzene rings is 1. The second-order valence-electron chi connectivity index (χ2n) is 15.0. The van der Waals surface area contributed by atoms with Gasteiger partial charge in [0, 0.05) is 33.7 Å². The maximum atomic E-state index is 14.1. The van der Waals surface area contributed by atoms with Gasteiger partial charge < -0.3 is 35.0 Å². The van der Waals surface area contributed by atoms with E-state index in [4.69, 9.17) is 9.47 Å². The lowest BCUT2D eigenvalue weighted by molar-refractivity contribution is -0.148. The first-order valence-electron chi connectivity index (χ1n) is 18.5. The first kappa shape index (κ1) is 43.1. The summed E-state index contributed by atoms with van der Waals surface area (Å²) in [5, 5.41) is 16.7. The van der Waals surface area contributed by atoms with Crippen molar-refractivity contribution in [3.8, 4) is 0 Å². The summed E-state index contributed by atoms with van der Waals surface area (Å²) < 4.78 is 11.9. The van der Waals surface area contributed by atoms with Crippen LogP contribution >= 0.6 is 0 Å². The van der Waals surface area contributed by atoms with Crippen molar-refractivity contribution in [2.24, 2.45) is 29.6 Å². The minimum absolute atomic E-state index is 0.00200. The van der Waals surface area contributed by atoms with Crippen molar-refractivity contribution in [1.29, 1.82) is 0 Å². The molecule has 0 aromatic heterocycles. The number of hydrogen-bond donors (Lipinski definition) is 3. The number of hydrogen-bond acceptors (Lipinski definition) is 7. The molecule has 284 valence electrons. The molecule has 0 aliphatic carbocycles. The lowest BCUT2D eigenvalue weighted by atomic mass is 9.89. The molecule has 1 saturated heterocycles. The zero-order chi connectivity index (χ0) is 37.9. The molecule has 0 radical (unpaired) electrons. The monoisotopic (exact) mass is 702 g/mol. The van der Waals surface area contributed by atoms with E-state index in [-0.39, 0.29) is 59.8 Å². The maximum absolute atomic E-state index is 14.1. The molecule has 3 N–H and O–H groups in total. The molecule has 1 aromatic carbocycles. The third kappa shape index (κ3) is 11.0. The van der Waals surface area contributed by atoms with Crippen LogP contribution < -0.4 is 10.6 Å². The maximum Gasteiger partial charge on any atom is 0.245 e. The molecule has 11 heteroatoms. The number of carbonyl (C=O) groups is 4. The number of ether oxygens (including phenoxy) is 2. The highest BCUT2D eigenvalue weighted by atomic mass is 16.5. The topological polar surface area (TPSA) is 138 Å². The van der Waals surface area contributed by atoms with Gasteiger partial charge in [-0.15, -0.1) is 0 Å². The molecule has 1 heterocycles. The summed E-state index contributed by atoms with van der Waals surface area (Å²) in [5.74, 6) is -1.62. The SMILES string of the molecule is CC[C@H](C)[C@@H]([C@@H](CC(=O)N1CCC[C@H]1[C@H](OC)[C@@H](C)C(=O)N[C@H](C)[C@@H](O)c1ccccc1)OC)N(C)C(=O)[C@@H](NC(=O)[C@@H](C)C(C)C)C(C)C. The van der Waals surface area contributed by atoms with Crippen LogP contribution in [0.4, 0.5) is 0 Å². The highest BCUT2D eigenvalue weighted by molar-refractivity contribution is 5.89. The molecule has 0 unspecified atom stereocenters. The first-order chi connectivity index (χ1) is 23.5. The summed E-state index contributed by atoms with van der Waals surface area (Å²) in [6.07, 6.45) is 0.196. The third-order valence-corrected chi connectivity index (χ3v) is 10.9. The van der Waals surface area contributed by atoms with E-state index >= 15 is 0 Å². The van der Waals surface area contributed by atoms with Crippen LogP contribution in [-0.2, 0) is 28.7 Å². The number of rotatable bonds is 19. The minimum atomic E-state index is -0.872. The van der Waals surface area contributed by atoms with E-state index in [1.54, 1.807) is 44.9 Å². The van der Waals surface area contributed by atoms with Gasteiger partial charge in [-0.1, -0.05) is 92.1 Å². The molecule has 1 fully saturated rings. The number of carbonyl (C=O) groups excluding carboxylic acids is 4. The fourth-order valence-corrected chi connectivity index (χ4v) is 7.00. The minimum Gasteiger partial charge on any atom is -0.386 e. The van der Waals surface area contributed by atoms with E-state index < -0.39 is 42.4 Å². The first-order valence-corrected chi connectivity index (χ1v) is 18.5. The van der Waals surface area contributed by atoms with E-state index in [9.17, 15) is 24.3 Å². The average Bonchev–Trinajstić information content (AvgIpc) is 3.58. The molecular weight excluding hydrogens is 636 g/mol. The van der Waals surface area contributed by atoms with Crippen LogP contribution in [0.15, 0.2) is 30.3 Å². The van der Waals surface area contributed by atoms with Gasteiger partial charge in [0.1, 0.15) is 6.04 Å². The Morgan fingerprint density at radius 3 is 2.02 bits per heavy atom. The normalized spacial score (nSPS) is 20.3. The molecule has 1 aliphatic heterocycles. The lowest BCUT2D eigenvalue weighted by Gasteiger charge is -2.41. The second kappa shape index (κ2) is 20.1. The van der Waals surface area contributed by atoms with Crippen LogP contribution in [0, 0.1) is 29.6 Å². The Hall–Kier alpha value is -3.02. The number of amides is 4. The van der Waals surface area contributed by atoms with Crippen molar-refractivity contribution in [3.63, 3.8) is 0 Å². The van der Waals surface area contributed by atoms with Crippen molar-refractivity contribution in [2.45, 2.75) is 130 Å². The Morgan fingerprint density at radius 1 is 0.900 bits per heavy atom. The summed E-state index contributed by atoms with van der Waals surface area (Å²) in [6.45, 7) is 17.8.